The summed E-state index contributed by atoms with van der Waals surface area (Å²) in [7, 11) is 3.35. The van der Waals surface area contributed by atoms with Gasteiger partial charge in [-0.15, -0.1) is 0 Å². The molecule has 0 saturated carbocycles. The number of methoxy groups -OCH3 is 2. The number of hydrogen-bond donors (Lipinski definition) is 0. The first kappa shape index (κ1) is 28.1. The van der Waals surface area contributed by atoms with E-state index < -0.39 is 11.9 Å². The van der Waals surface area contributed by atoms with Crippen LogP contribution < -0.4 is 0 Å². The van der Waals surface area contributed by atoms with E-state index in [-0.39, 0.29) is 23.0 Å². The molecule has 0 aliphatic heterocycles. The van der Waals surface area contributed by atoms with E-state index in [2.05, 4.69) is 13.8 Å². The van der Waals surface area contributed by atoms with Crippen molar-refractivity contribution in [1.29, 1.82) is 0 Å². The molecule has 6 nitrogen and oxygen atoms in total. The molecular formula is C26H42O6. The Morgan fingerprint density at radius 1 is 0.719 bits per heavy atom. The van der Waals surface area contributed by atoms with Gasteiger partial charge in [-0.2, -0.15) is 0 Å². The minimum atomic E-state index is -0.488. The normalized spacial score (nSPS) is 12.9. The Labute approximate surface area is 194 Å². The summed E-state index contributed by atoms with van der Waals surface area (Å²) >= 11 is 0. The third-order valence-corrected chi connectivity index (χ3v) is 5.66. The molecule has 0 aliphatic carbocycles. The highest BCUT2D eigenvalue weighted by molar-refractivity contribution is 6.03. The van der Waals surface area contributed by atoms with Crippen molar-refractivity contribution in [3.8, 4) is 0 Å². The summed E-state index contributed by atoms with van der Waals surface area (Å²) in [6, 6.07) is 6.70. The van der Waals surface area contributed by atoms with Crippen LogP contribution in [0.3, 0.4) is 0 Å². The Morgan fingerprint density at radius 3 is 1.47 bits per heavy atom. The Bertz CT molecular complexity index is 574. The topological polar surface area (TPSA) is 71.1 Å². The molecule has 0 fully saturated rings. The number of ether oxygens (including phenoxy) is 4. The van der Waals surface area contributed by atoms with Crippen LogP contribution in [0, 0.1) is 11.8 Å². The molecular weight excluding hydrogens is 408 g/mol. The maximum absolute atomic E-state index is 12.8. The highest BCUT2D eigenvalue weighted by Crippen LogP contribution is 2.18. The van der Waals surface area contributed by atoms with Gasteiger partial charge in [-0.1, -0.05) is 51.7 Å². The Kier molecular flexibility index (Phi) is 15.5. The van der Waals surface area contributed by atoms with E-state index in [1.54, 1.807) is 38.5 Å². The molecule has 0 aliphatic rings. The zero-order chi connectivity index (χ0) is 23.6. The van der Waals surface area contributed by atoms with Crippen molar-refractivity contribution in [3.63, 3.8) is 0 Å². The Hall–Kier alpha value is -1.92. The third kappa shape index (κ3) is 11.1. The molecule has 2 unspecified atom stereocenters. The number of unbranched alkanes of at least 4 members (excludes halogenated alkanes) is 2. The molecule has 0 bridgehead atoms. The van der Waals surface area contributed by atoms with Crippen LogP contribution in [0.25, 0.3) is 0 Å². The quantitative estimate of drug-likeness (QED) is 0.268. The molecule has 1 aromatic carbocycles. The smallest absolute Gasteiger partial charge is 0.339 e. The zero-order valence-electron chi connectivity index (χ0n) is 20.4. The Morgan fingerprint density at radius 2 is 1.12 bits per heavy atom. The molecule has 0 amide bonds. The second-order valence-electron chi connectivity index (χ2n) is 8.32. The van der Waals surface area contributed by atoms with Gasteiger partial charge >= 0.3 is 11.9 Å². The van der Waals surface area contributed by atoms with Crippen molar-refractivity contribution >= 4 is 11.9 Å². The van der Waals surface area contributed by atoms with E-state index in [0.29, 0.717) is 26.4 Å². The first-order valence-electron chi connectivity index (χ1n) is 12.0. The fourth-order valence-corrected chi connectivity index (χ4v) is 3.56. The molecule has 1 aromatic rings. The third-order valence-electron chi connectivity index (χ3n) is 5.66. The average molecular weight is 451 g/mol. The van der Waals surface area contributed by atoms with Crippen LogP contribution in [0.2, 0.25) is 0 Å². The number of esters is 2. The minimum Gasteiger partial charge on any atom is -0.462 e. The van der Waals surface area contributed by atoms with Crippen molar-refractivity contribution in [3.05, 3.63) is 35.4 Å². The molecule has 182 valence electrons. The molecule has 2 atom stereocenters. The van der Waals surface area contributed by atoms with Gasteiger partial charge in [0.25, 0.3) is 0 Å². The first-order valence-corrected chi connectivity index (χ1v) is 12.0. The van der Waals surface area contributed by atoms with Crippen molar-refractivity contribution < 1.29 is 28.5 Å². The molecule has 0 saturated heterocycles. The van der Waals surface area contributed by atoms with Crippen LogP contribution >= 0.6 is 0 Å². The molecule has 0 radical (unpaired) electrons. The lowest BCUT2D eigenvalue weighted by molar-refractivity contribution is 0.0355. The zero-order valence-corrected chi connectivity index (χ0v) is 20.4. The van der Waals surface area contributed by atoms with Crippen LogP contribution in [0.4, 0.5) is 0 Å². The predicted molar refractivity (Wildman–Crippen MR) is 126 cm³/mol. The van der Waals surface area contributed by atoms with E-state index in [4.69, 9.17) is 18.9 Å². The fourth-order valence-electron chi connectivity index (χ4n) is 3.56. The van der Waals surface area contributed by atoms with Gasteiger partial charge in [-0.05, 0) is 49.7 Å². The van der Waals surface area contributed by atoms with Gasteiger partial charge < -0.3 is 18.9 Å². The summed E-state index contributed by atoms with van der Waals surface area (Å²) in [5, 5.41) is 0. The number of carbonyl (C=O) groups excluding carboxylic acids is 2. The van der Waals surface area contributed by atoms with Crippen LogP contribution in [0.5, 0.6) is 0 Å². The van der Waals surface area contributed by atoms with Crippen molar-refractivity contribution in [1.82, 2.24) is 0 Å². The number of benzene rings is 1. The van der Waals surface area contributed by atoms with Gasteiger partial charge in [0.2, 0.25) is 0 Å². The molecule has 0 N–H and O–H groups in total. The highest BCUT2D eigenvalue weighted by atomic mass is 16.5. The lowest BCUT2D eigenvalue weighted by atomic mass is 9.99. The van der Waals surface area contributed by atoms with Crippen LogP contribution in [0.1, 0.15) is 85.9 Å². The van der Waals surface area contributed by atoms with Gasteiger partial charge in [-0.3, -0.25) is 0 Å². The van der Waals surface area contributed by atoms with Crippen LogP contribution in [-0.2, 0) is 18.9 Å². The molecule has 32 heavy (non-hydrogen) atoms. The first-order chi connectivity index (χ1) is 15.6. The highest BCUT2D eigenvalue weighted by Gasteiger charge is 2.21. The number of rotatable bonds is 18. The van der Waals surface area contributed by atoms with E-state index >= 15 is 0 Å². The van der Waals surface area contributed by atoms with Gasteiger partial charge in [0.05, 0.1) is 24.3 Å². The van der Waals surface area contributed by atoms with E-state index in [9.17, 15) is 9.59 Å². The van der Waals surface area contributed by atoms with E-state index in [1.807, 2.05) is 0 Å². The number of hydrogen-bond acceptors (Lipinski definition) is 6. The van der Waals surface area contributed by atoms with E-state index in [0.717, 1.165) is 51.4 Å². The maximum atomic E-state index is 12.8. The summed E-state index contributed by atoms with van der Waals surface area (Å²) in [5.41, 5.74) is 0.501. The van der Waals surface area contributed by atoms with Crippen molar-refractivity contribution in [2.75, 3.05) is 40.6 Å². The molecule has 0 aromatic heterocycles. The minimum absolute atomic E-state index is 0.248. The maximum Gasteiger partial charge on any atom is 0.339 e. The van der Waals surface area contributed by atoms with Gasteiger partial charge in [0.1, 0.15) is 0 Å². The van der Waals surface area contributed by atoms with Crippen molar-refractivity contribution in [2.45, 2.75) is 65.2 Å². The largest absolute Gasteiger partial charge is 0.462 e. The van der Waals surface area contributed by atoms with Gasteiger partial charge in [0.15, 0.2) is 0 Å². The van der Waals surface area contributed by atoms with E-state index in [1.165, 1.54) is 0 Å². The van der Waals surface area contributed by atoms with Crippen molar-refractivity contribution in [2.24, 2.45) is 11.8 Å². The summed E-state index contributed by atoms with van der Waals surface area (Å²) in [4.78, 5) is 25.5. The predicted octanol–water partition coefficient (Wildman–Crippen LogP) is 5.69. The van der Waals surface area contributed by atoms with Gasteiger partial charge in [-0.25, -0.2) is 9.59 Å². The average Bonchev–Trinajstić information content (AvgIpc) is 2.82. The second-order valence-corrected chi connectivity index (χ2v) is 8.32. The Balaban J connectivity index is 2.73. The molecule has 0 spiro atoms. The van der Waals surface area contributed by atoms with Gasteiger partial charge in [0, 0.05) is 27.4 Å². The lowest BCUT2D eigenvalue weighted by Gasteiger charge is -2.18. The molecule has 0 heterocycles. The summed E-state index contributed by atoms with van der Waals surface area (Å²) < 4.78 is 21.5. The summed E-state index contributed by atoms with van der Waals surface area (Å²) in [5.74, 6) is -0.479. The molecule has 1 rings (SSSR count). The summed E-state index contributed by atoms with van der Waals surface area (Å²) in [6.07, 6.45) is 8.00. The number of carbonyl (C=O) groups is 2. The fraction of sp³-hybridized carbons (Fsp3) is 0.692. The standard InChI is InChI=1S/C26H42O6/c1-5-7-11-21(15-17-29-3)19-31-25(27)23-13-9-10-14-24(23)26(28)32-20-22(12-8-6-2)16-18-30-4/h9-10,13-14,21-22H,5-8,11-12,15-20H2,1-4H3. The second kappa shape index (κ2) is 17.6. The van der Waals surface area contributed by atoms with Crippen LogP contribution in [0.15, 0.2) is 24.3 Å². The SMILES string of the molecule is CCCCC(CCOC)COC(=O)c1ccccc1C(=O)OCC(CCCC)CCOC. The van der Waals surface area contributed by atoms with Crippen LogP contribution in [-0.4, -0.2) is 52.6 Å². The lowest BCUT2D eigenvalue weighted by Crippen LogP contribution is -2.20. The molecule has 6 heteroatoms. The summed E-state index contributed by atoms with van der Waals surface area (Å²) in [6.45, 7) is 6.20. The monoisotopic (exact) mass is 450 g/mol.